The quantitative estimate of drug-likeness (QED) is 0.146. The molecule has 9 heteroatoms. The van der Waals surface area contributed by atoms with Crippen LogP contribution < -0.4 is 24.8 Å². The van der Waals surface area contributed by atoms with Crippen LogP contribution in [0.5, 0.6) is 17.2 Å². The van der Waals surface area contributed by atoms with E-state index in [0.717, 1.165) is 11.1 Å². The number of carbonyl (C=O) groups is 3. The third-order valence-corrected chi connectivity index (χ3v) is 8.64. The Kier molecular flexibility index (Phi) is 10.8. The summed E-state index contributed by atoms with van der Waals surface area (Å²) < 4.78 is 17.5. The average molecular weight is 651 g/mol. The highest BCUT2D eigenvalue weighted by atomic mass is 16.5. The van der Waals surface area contributed by atoms with E-state index in [4.69, 9.17) is 14.2 Å². The average Bonchev–Trinajstić information content (AvgIpc) is 3.06. The summed E-state index contributed by atoms with van der Waals surface area (Å²) in [6.07, 6.45) is -0.391. The molecule has 1 aliphatic carbocycles. The number of nitrogens with one attached hydrogen (secondary N) is 2. The van der Waals surface area contributed by atoms with Gasteiger partial charge < -0.3 is 30.0 Å². The molecule has 0 bridgehead atoms. The van der Waals surface area contributed by atoms with E-state index in [2.05, 4.69) is 10.6 Å². The van der Waals surface area contributed by atoms with Crippen LogP contribution in [0.2, 0.25) is 0 Å². The van der Waals surface area contributed by atoms with Crippen LogP contribution in [0.15, 0.2) is 97.1 Å². The molecule has 1 fully saturated rings. The van der Waals surface area contributed by atoms with E-state index in [1.165, 1.54) is 6.92 Å². The lowest BCUT2D eigenvalue weighted by atomic mass is 9.61. The number of anilines is 2. The number of hydrogen-bond donors (Lipinski definition) is 3. The van der Waals surface area contributed by atoms with E-state index < -0.39 is 47.4 Å². The van der Waals surface area contributed by atoms with Crippen molar-refractivity contribution < 1.29 is 33.7 Å². The number of aliphatic hydroxyl groups is 1. The summed E-state index contributed by atoms with van der Waals surface area (Å²) in [5, 5.41) is 17.5. The molecule has 0 aliphatic heterocycles. The topological polar surface area (TPSA) is 123 Å². The zero-order valence-corrected chi connectivity index (χ0v) is 27.7. The summed E-state index contributed by atoms with van der Waals surface area (Å²) in [6.45, 7) is 8.28. The Labute approximate surface area is 281 Å². The van der Waals surface area contributed by atoms with Crippen LogP contribution in [0.25, 0.3) is 0 Å². The van der Waals surface area contributed by atoms with Crippen molar-refractivity contribution in [2.45, 2.75) is 52.2 Å². The molecule has 4 atom stereocenters. The first-order valence-electron chi connectivity index (χ1n) is 16.2. The molecule has 5 rings (SSSR count). The summed E-state index contributed by atoms with van der Waals surface area (Å²) in [7, 11) is 0. The second-order valence-electron chi connectivity index (χ2n) is 12.1. The lowest BCUT2D eigenvalue weighted by Gasteiger charge is -2.44. The van der Waals surface area contributed by atoms with Gasteiger partial charge in [-0.05, 0) is 80.8 Å². The summed E-state index contributed by atoms with van der Waals surface area (Å²) in [4.78, 5) is 42.2. The monoisotopic (exact) mass is 650 g/mol. The van der Waals surface area contributed by atoms with Gasteiger partial charge in [0.15, 0.2) is 0 Å². The maximum atomic E-state index is 14.2. The number of Topliss-reactive ketones (excluding diaryl/α,β-unsaturated/α-hetero) is 1. The van der Waals surface area contributed by atoms with E-state index in [1.807, 2.05) is 45.0 Å². The van der Waals surface area contributed by atoms with Gasteiger partial charge in [-0.25, -0.2) is 0 Å². The Morgan fingerprint density at radius 1 is 0.771 bits per heavy atom. The number of ether oxygens (including phenoxy) is 3. The lowest BCUT2D eigenvalue weighted by molar-refractivity contribution is -0.150. The van der Waals surface area contributed by atoms with Gasteiger partial charge in [0.25, 0.3) is 0 Å². The molecule has 4 unspecified atom stereocenters. The van der Waals surface area contributed by atoms with Crippen LogP contribution in [-0.2, 0) is 21.0 Å². The van der Waals surface area contributed by atoms with Crippen LogP contribution in [0, 0.1) is 18.8 Å². The van der Waals surface area contributed by atoms with Gasteiger partial charge in [-0.2, -0.15) is 0 Å². The smallest absolute Gasteiger partial charge is 0.235 e. The Morgan fingerprint density at radius 3 is 1.90 bits per heavy atom. The molecule has 0 heterocycles. The van der Waals surface area contributed by atoms with Gasteiger partial charge >= 0.3 is 0 Å². The van der Waals surface area contributed by atoms with Crippen LogP contribution >= 0.6 is 0 Å². The Morgan fingerprint density at radius 2 is 1.31 bits per heavy atom. The number of aryl methyl sites for hydroxylation is 1. The number of rotatable bonds is 12. The van der Waals surface area contributed by atoms with E-state index >= 15 is 0 Å². The second-order valence-corrected chi connectivity index (χ2v) is 12.1. The lowest BCUT2D eigenvalue weighted by Crippen LogP contribution is -2.56. The van der Waals surface area contributed by atoms with Crippen molar-refractivity contribution in [1.82, 2.24) is 0 Å². The molecule has 1 saturated carbocycles. The highest BCUT2D eigenvalue weighted by Crippen LogP contribution is 2.47. The summed E-state index contributed by atoms with van der Waals surface area (Å²) >= 11 is 0. The van der Waals surface area contributed by atoms with Crippen LogP contribution in [0.3, 0.4) is 0 Å². The molecule has 0 aromatic heterocycles. The fourth-order valence-corrected chi connectivity index (χ4v) is 6.33. The van der Waals surface area contributed by atoms with Crippen molar-refractivity contribution in [3.8, 4) is 17.2 Å². The van der Waals surface area contributed by atoms with Gasteiger partial charge in [0.1, 0.15) is 35.6 Å². The first kappa shape index (κ1) is 34.2. The molecule has 0 spiro atoms. The number of ketones is 1. The molecule has 9 nitrogen and oxygen atoms in total. The minimum atomic E-state index is -1.77. The number of benzene rings is 4. The molecule has 4 aromatic carbocycles. The van der Waals surface area contributed by atoms with Crippen molar-refractivity contribution in [3.63, 3.8) is 0 Å². The van der Waals surface area contributed by atoms with Gasteiger partial charge in [-0.1, -0.05) is 60.7 Å². The normalized spacial score (nSPS) is 20.4. The van der Waals surface area contributed by atoms with Crippen molar-refractivity contribution in [2.75, 3.05) is 23.8 Å². The van der Waals surface area contributed by atoms with Crippen LogP contribution in [-0.4, -0.2) is 41.5 Å². The molecule has 3 N–H and O–H groups in total. The number of carbonyl (C=O) groups excluding carboxylic acids is 3. The van der Waals surface area contributed by atoms with E-state index in [9.17, 15) is 19.5 Å². The fraction of sp³-hybridized carbons (Fsp3) is 0.308. The van der Waals surface area contributed by atoms with Crippen molar-refractivity contribution in [3.05, 3.63) is 114 Å². The van der Waals surface area contributed by atoms with E-state index in [-0.39, 0.29) is 0 Å². The molecule has 2 amide bonds. The number of amides is 2. The van der Waals surface area contributed by atoms with Crippen molar-refractivity contribution >= 4 is 29.0 Å². The number of hydrogen-bond acceptors (Lipinski definition) is 7. The van der Waals surface area contributed by atoms with Gasteiger partial charge in [0.2, 0.25) is 11.8 Å². The highest BCUT2D eigenvalue weighted by Gasteiger charge is 2.56. The predicted molar refractivity (Wildman–Crippen MR) is 184 cm³/mol. The third-order valence-electron chi connectivity index (χ3n) is 8.64. The van der Waals surface area contributed by atoms with Gasteiger partial charge in [0, 0.05) is 12.3 Å². The Bertz CT molecular complexity index is 1750. The standard InChI is InChI=1S/C39H42N2O7/c1-5-46-32-17-11-9-15-29(32)40-37(43)35-31(42)23-39(4,45)36(38(44)41-30-16-10-12-18-33(30)47-6-2)34(35)26-19-21-28(22-20-26)48-24-27-14-8-7-13-25(27)3/h7-22,34-36,45H,5-6,23-24H2,1-4H3,(H,40,43)(H,41,44). The van der Waals surface area contributed by atoms with Gasteiger partial charge in [-0.15, -0.1) is 0 Å². The summed E-state index contributed by atoms with van der Waals surface area (Å²) in [5.74, 6) is -3.63. The molecule has 4 aromatic rings. The molecule has 1 aliphatic rings. The van der Waals surface area contributed by atoms with E-state index in [1.54, 1.807) is 72.8 Å². The second kappa shape index (κ2) is 15.2. The summed E-state index contributed by atoms with van der Waals surface area (Å²) in [6, 6.07) is 28.9. The summed E-state index contributed by atoms with van der Waals surface area (Å²) in [5.41, 5.74) is 1.73. The number of para-hydroxylation sites is 4. The fourth-order valence-electron chi connectivity index (χ4n) is 6.33. The van der Waals surface area contributed by atoms with Gasteiger partial charge in [-0.3, -0.25) is 14.4 Å². The minimum Gasteiger partial charge on any atom is -0.492 e. The first-order valence-corrected chi connectivity index (χ1v) is 16.2. The van der Waals surface area contributed by atoms with E-state index in [0.29, 0.717) is 54.0 Å². The van der Waals surface area contributed by atoms with Crippen LogP contribution in [0.1, 0.15) is 49.8 Å². The van der Waals surface area contributed by atoms with Crippen molar-refractivity contribution in [2.24, 2.45) is 11.8 Å². The van der Waals surface area contributed by atoms with Crippen molar-refractivity contribution in [1.29, 1.82) is 0 Å². The maximum Gasteiger partial charge on any atom is 0.235 e. The van der Waals surface area contributed by atoms with Crippen LogP contribution in [0.4, 0.5) is 11.4 Å². The zero-order chi connectivity index (χ0) is 34.3. The van der Waals surface area contributed by atoms with Gasteiger partial charge in [0.05, 0.1) is 36.1 Å². The predicted octanol–water partition coefficient (Wildman–Crippen LogP) is 6.69. The largest absolute Gasteiger partial charge is 0.492 e. The minimum absolute atomic E-state index is 0.358. The molecular weight excluding hydrogens is 608 g/mol. The Hall–Kier alpha value is -5.15. The molecule has 0 saturated heterocycles. The SMILES string of the molecule is CCOc1ccccc1NC(=O)C1C(=O)CC(C)(O)C(C(=O)Nc2ccccc2OCC)C1c1ccc(OCc2ccccc2C)cc1. The molecule has 0 radical (unpaired) electrons. The zero-order valence-electron chi connectivity index (χ0n) is 27.7. The Balaban J connectivity index is 1.52. The molecular formula is C39H42N2O7. The highest BCUT2D eigenvalue weighted by molar-refractivity contribution is 6.11. The molecule has 48 heavy (non-hydrogen) atoms. The molecule has 250 valence electrons. The maximum absolute atomic E-state index is 14.2. The first-order chi connectivity index (χ1) is 23.1. The third kappa shape index (κ3) is 7.69.